The van der Waals surface area contributed by atoms with Gasteiger partial charge >= 0.3 is 0 Å². The Balaban J connectivity index is 1.67. The topological polar surface area (TPSA) is 75.3 Å². The number of aliphatic hydroxyl groups is 1. The molecule has 4 atom stereocenters. The summed E-state index contributed by atoms with van der Waals surface area (Å²) in [5.74, 6) is -0.171. The third kappa shape index (κ3) is 1.93. The largest absolute Gasteiger partial charge is 0.393 e. The van der Waals surface area contributed by atoms with Crippen LogP contribution in [0.25, 0.3) is 0 Å². The summed E-state index contributed by atoms with van der Waals surface area (Å²) in [5, 5.41) is 13.9. The molecule has 4 rings (SSSR count). The highest BCUT2D eigenvalue weighted by Crippen LogP contribution is 2.56. The van der Waals surface area contributed by atoms with Crippen LogP contribution in [-0.2, 0) is 4.79 Å². The molecule has 3 aliphatic carbocycles. The molecule has 0 aromatic rings. The minimum absolute atomic E-state index is 0.0354. The normalized spacial score (nSPS) is 46.6. The lowest BCUT2D eigenvalue weighted by molar-refractivity contribution is -0.128. The zero-order chi connectivity index (χ0) is 15.8. The zero-order valence-corrected chi connectivity index (χ0v) is 13.7. The van der Waals surface area contributed by atoms with E-state index in [-0.39, 0.29) is 22.8 Å². The van der Waals surface area contributed by atoms with Gasteiger partial charge in [0.25, 0.3) is 0 Å². The molecule has 4 N–H and O–H groups in total. The molecule has 4 heteroatoms. The van der Waals surface area contributed by atoms with E-state index >= 15 is 0 Å². The van der Waals surface area contributed by atoms with Gasteiger partial charge < -0.3 is 16.2 Å². The van der Waals surface area contributed by atoms with E-state index in [0.29, 0.717) is 6.42 Å². The fourth-order valence-corrected chi connectivity index (χ4v) is 5.49. The minimum atomic E-state index is -0.887. The summed E-state index contributed by atoms with van der Waals surface area (Å²) < 4.78 is 0. The molecule has 0 bridgehead atoms. The van der Waals surface area contributed by atoms with Crippen LogP contribution in [0.5, 0.6) is 0 Å². The molecule has 0 aromatic heterocycles. The molecule has 1 saturated heterocycles. The number of amides is 1. The van der Waals surface area contributed by atoms with Crippen molar-refractivity contribution in [1.82, 2.24) is 5.32 Å². The van der Waals surface area contributed by atoms with Gasteiger partial charge in [0.05, 0.1) is 6.10 Å². The average molecular weight is 304 g/mol. The lowest BCUT2D eigenvalue weighted by Crippen LogP contribution is -2.59. The molecular weight excluding hydrogens is 276 g/mol. The van der Waals surface area contributed by atoms with Crippen molar-refractivity contribution in [3.8, 4) is 0 Å². The Labute approximate surface area is 132 Å². The van der Waals surface area contributed by atoms with E-state index in [0.717, 1.165) is 38.5 Å². The third-order valence-electron chi connectivity index (χ3n) is 7.02. The highest BCUT2D eigenvalue weighted by molar-refractivity contribution is 5.90. The summed E-state index contributed by atoms with van der Waals surface area (Å²) in [5.41, 5.74) is 8.73. The van der Waals surface area contributed by atoms with Crippen LogP contribution in [0.3, 0.4) is 0 Å². The van der Waals surface area contributed by atoms with Crippen molar-refractivity contribution in [2.45, 2.75) is 82.4 Å². The summed E-state index contributed by atoms with van der Waals surface area (Å²) >= 11 is 0. The Morgan fingerprint density at radius 2 is 2.05 bits per heavy atom. The van der Waals surface area contributed by atoms with E-state index < -0.39 is 11.6 Å². The lowest BCUT2D eigenvalue weighted by Gasteiger charge is -2.49. The fraction of sp³-hybridized carbons (Fsp3) is 0.833. The van der Waals surface area contributed by atoms with E-state index in [1.807, 2.05) is 0 Å². The predicted molar refractivity (Wildman–Crippen MR) is 85.0 cm³/mol. The number of carbonyl (C=O) groups is 1. The van der Waals surface area contributed by atoms with E-state index in [1.165, 1.54) is 17.6 Å². The SMILES string of the molecule is CC1=C2C[C@H]([C@]3(N)CC4(CC4)NC3=O)[C@H](O)C[C@@]2(C)CCC1. The maximum Gasteiger partial charge on any atom is 0.241 e. The van der Waals surface area contributed by atoms with Crippen LogP contribution >= 0.6 is 0 Å². The molecule has 1 heterocycles. The second kappa shape index (κ2) is 4.35. The van der Waals surface area contributed by atoms with Gasteiger partial charge in [-0.3, -0.25) is 4.79 Å². The maximum atomic E-state index is 12.6. The molecule has 1 aliphatic heterocycles. The summed E-state index contributed by atoms with van der Waals surface area (Å²) in [6.45, 7) is 4.51. The summed E-state index contributed by atoms with van der Waals surface area (Å²) in [4.78, 5) is 12.6. The van der Waals surface area contributed by atoms with E-state index in [1.54, 1.807) is 0 Å². The van der Waals surface area contributed by atoms with Crippen LogP contribution < -0.4 is 11.1 Å². The molecule has 0 radical (unpaired) electrons. The van der Waals surface area contributed by atoms with Gasteiger partial charge in [0, 0.05) is 11.5 Å². The summed E-state index contributed by atoms with van der Waals surface area (Å²) in [6.07, 6.45) is 7.37. The van der Waals surface area contributed by atoms with Crippen molar-refractivity contribution in [2.24, 2.45) is 17.1 Å². The van der Waals surface area contributed by atoms with Crippen LogP contribution in [0.15, 0.2) is 11.1 Å². The number of hydrogen-bond donors (Lipinski definition) is 3. The Morgan fingerprint density at radius 1 is 1.32 bits per heavy atom. The van der Waals surface area contributed by atoms with Crippen molar-refractivity contribution in [3.05, 3.63) is 11.1 Å². The van der Waals surface area contributed by atoms with Crippen LogP contribution in [0.2, 0.25) is 0 Å². The van der Waals surface area contributed by atoms with Gasteiger partial charge in [-0.25, -0.2) is 0 Å². The highest BCUT2D eigenvalue weighted by Gasteiger charge is 2.63. The van der Waals surface area contributed by atoms with Crippen molar-refractivity contribution in [3.63, 3.8) is 0 Å². The Morgan fingerprint density at radius 3 is 2.68 bits per heavy atom. The number of allylic oxidation sites excluding steroid dienone is 2. The summed E-state index contributed by atoms with van der Waals surface area (Å²) in [7, 11) is 0. The average Bonchev–Trinajstić information content (AvgIpc) is 3.10. The number of nitrogens with one attached hydrogen (secondary N) is 1. The van der Waals surface area contributed by atoms with Gasteiger partial charge in [0.2, 0.25) is 5.91 Å². The van der Waals surface area contributed by atoms with Gasteiger partial charge in [-0.2, -0.15) is 0 Å². The van der Waals surface area contributed by atoms with E-state index in [4.69, 9.17) is 5.73 Å². The van der Waals surface area contributed by atoms with Gasteiger partial charge in [-0.15, -0.1) is 0 Å². The molecule has 4 nitrogen and oxygen atoms in total. The molecule has 122 valence electrons. The fourth-order valence-electron chi connectivity index (χ4n) is 5.49. The predicted octanol–water partition coefficient (Wildman–Crippen LogP) is 2.01. The number of nitrogens with two attached hydrogens (primary N) is 1. The molecule has 0 aromatic carbocycles. The van der Waals surface area contributed by atoms with Gasteiger partial charge in [0.1, 0.15) is 5.54 Å². The number of rotatable bonds is 1. The number of hydrogen-bond acceptors (Lipinski definition) is 3. The minimum Gasteiger partial charge on any atom is -0.393 e. The van der Waals surface area contributed by atoms with Crippen molar-refractivity contribution < 1.29 is 9.90 Å². The van der Waals surface area contributed by atoms with Crippen molar-refractivity contribution in [1.29, 1.82) is 0 Å². The van der Waals surface area contributed by atoms with Crippen LogP contribution in [0.1, 0.15) is 65.2 Å². The van der Waals surface area contributed by atoms with E-state index in [9.17, 15) is 9.90 Å². The number of aliphatic hydroxyl groups excluding tert-OH is 1. The molecule has 22 heavy (non-hydrogen) atoms. The summed E-state index contributed by atoms with van der Waals surface area (Å²) in [6, 6.07) is 0. The number of carbonyl (C=O) groups excluding carboxylic acids is 1. The van der Waals surface area contributed by atoms with Crippen LogP contribution in [0.4, 0.5) is 0 Å². The molecular formula is C18H28N2O2. The molecule has 3 fully saturated rings. The Bertz CT molecular complexity index is 565. The Kier molecular flexibility index (Phi) is 2.91. The second-order valence-corrected chi connectivity index (χ2v) is 8.71. The van der Waals surface area contributed by atoms with E-state index in [2.05, 4.69) is 19.2 Å². The Hall–Kier alpha value is -0.870. The first kappa shape index (κ1) is 14.7. The first-order chi connectivity index (χ1) is 10.3. The molecule has 2 saturated carbocycles. The van der Waals surface area contributed by atoms with Gasteiger partial charge in [0.15, 0.2) is 0 Å². The zero-order valence-electron chi connectivity index (χ0n) is 13.7. The molecule has 1 amide bonds. The number of fused-ring (bicyclic) bond motifs is 1. The monoisotopic (exact) mass is 304 g/mol. The van der Waals surface area contributed by atoms with Crippen LogP contribution in [0, 0.1) is 11.3 Å². The first-order valence-electron chi connectivity index (χ1n) is 8.77. The smallest absolute Gasteiger partial charge is 0.241 e. The van der Waals surface area contributed by atoms with Gasteiger partial charge in [-0.1, -0.05) is 18.1 Å². The quantitative estimate of drug-likeness (QED) is 0.649. The molecule has 4 aliphatic rings. The lowest BCUT2D eigenvalue weighted by atomic mass is 9.57. The third-order valence-corrected chi connectivity index (χ3v) is 7.02. The van der Waals surface area contributed by atoms with Crippen molar-refractivity contribution in [2.75, 3.05) is 0 Å². The standard InChI is InChI=1S/C18H28N2O2/c1-11-4-3-5-16(2)9-14(21)13(8-12(11)16)18(19)10-17(6-7-17)20-15(18)22/h13-14,21H,3-10,19H2,1-2H3,(H,20,22)/t13-,14+,16+,18+/m0/s1. The van der Waals surface area contributed by atoms with Gasteiger partial charge in [-0.05, 0) is 63.7 Å². The van der Waals surface area contributed by atoms with Crippen molar-refractivity contribution >= 4 is 5.91 Å². The van der Waals surface area contributed by atoms with Crippen LogP contribution in [-0.4, -0.2) is 28.2 Å². The molecule has 0 unspecified atom stereocenters. The second-order valence-electron chi connectivity index (χ2n) is 8.71. The first-order valence-corrected chi connectivity index (χ1v) is 8.77. The maximum absolute atomic E-state index is 12.6. The molecule has 1 spiro atoms. The highest BCUT2D eigenvalue weighted by atomic mass is 16.3.